The van der Waals surface area contributed by atoms with Crippen LogP contribution in [0.4, 0.5) is 19.0 Å². The second-order valence-corrected chi connectivity index (χ2v) is 6.02. The number of halogens is 3. The lowest BCUT2D eigenvalue weighted by molar-refractivity contribution is -0.137. The molecule has 118 valence electrons. The van der Waals surface area contributed by atoms with Gasteiger partial charge in [-0.2, -0.15) is 13.2 Å². The fourth-order valence-electron chi connectivity index (χ4n) is 1.79. The van der Waals surface area contributed by atoms with Crippen molar-refractivity contribution in [1.29, 1.82) is 0 Å². The monoisotopic (exact) mass is 327 g/mol. The van der Waals surface area contributed by atoms with Crippen molar-refractivity contribution in [2.45, 2.75) is 36.8 Å². The normalized spacial score (nSPS) is 11.7. The molecule has 0 fully saturated rings. The van der Waals surface area contributed by atoms with Crippen LogP contribution < -0.4 is 5.32 Å². The highest BCUT2D eigenvalue weighted by molar-refractivity contribution is 7.98. The summed E-state index contributed by atoms with van der Waals surface area (Å²) in [6, 6.07) is 7.38. The molecule has 1 N–H and O–H groups in total. The maximum Gasteiger partial charge on any atom is 0.416 e. The zero-order valence-electron chi connectivity index (χ0n) is 12.2. The van der Waals surface area contributed by atoms with Gasteiger partial charge < -0.3 is 5.32 Å². The Hall–Kier alpha value is -1.76. The van der Waals surface area contributed by atoms with Gasteiger partial charge in [-0.15, -0.1) is 11.8 Å². The smallest absolute Gasteiger partial charge is 0.368 e. The fourth-order valence-corrected chi connectivity index (χ4v) is 2.60. The number of rotatable bonds is 5. The van der Waals surface area contributed by atoms with Gasteiger partial charge in [-0.05, 0) is 25.5 Å². The number of hydrogen-bond acceptors (Lipinski definition) is 4. The van der Waals surface area contributed by atoms with Crippen molar-refractivity contribution in [1.82, 2.24) is 9.97 Å². The predicted octanol–water partition coefficient (Wildman–Crippen LogP) is 4.61. The molecule has 22 heavy (non-hydrogen) atoms. The third kappa shape index (κ3) is 4.91. The van der Waals surface area contributed by atoms with Gasteiger partial charge in [0.15, 0.2) is 0 Å². The Morgan fingerprint density at radius 1 is 1.18 bits per heavy atom. The lowest BCUT2D eigenvalue weighted by Gasteiger charge is -2.10. The van der Waals surface area contributed by atoms with Gasteiger partial charge in [0.2, 0.25) is 0 Å². The van der Waals surface area contributed by atoms with Crippen molar-refractivity contribution in [3.63, 3.8) is 0 Å². The number of alkyl halides is 3. The average Bonchev–Trinajstić information content (AvgIpc) is 2.44. The van der Waals surface area contributed by atoms with Crippen molar-refractivity contribution in [3.05, 3.63) is 47.8 Å². The van der Waals surface area contributed by atoms with Gasteiger partial charge in [-0.3, -0.25) is 0 Å². The molecule has 0 saturated heterocycles. The van der Waals surface area contributed by atoms with Crippen LogP contribution in [0.2, 0.25) is 0 Å². The van der Waals surface area contributed by atoms with Crippen molar-refractivity contribution in [3.8, 4) is 0 Å². The summed E-state index contributed by atoms with van der Waals surface area (Å²) >= 11 is 1.38. The topological polar surface area (TPSA) is 37.8 Å². The van der Waals surface area contributed by atoms with Crippen LogP contribution in [0.5, 0.6) is 0 Å². The quantitative estimate of drug-likeness (QED) is 0.643. The molecule has 3 nitrogen and oxygen atoms in total. The summed E-state index contributed by atoms with van der Waals surface area (Å²) in [7, 11) is 0. The number of hydrogen-bond donors (Lipinski definition) is 1. The Morgan fingerprint density at radius 2 is 1.95 bits per heavy atom. The highest BCUT2D eigenvalue weighted by Gasteiger charge is 2.30. The molecule has 0 aliphatic rings. The number of thioether (sulfide) groups is 1. The van der Waals surface area contributed by atoms with E-state index in [9.17, 15) is 13.2 Å². The summed E-state index contributed by atoms with van der Waals surface area (Å²) in [5.74, 6) is 1.12. The van der Waals surface area contributed by atoms with E-state index < -0.39 is 11.7 Å². The van der Waals surface area contributed by atoms with Crippen LogP contribution in [-0.2, 0) is 11.9 Å². The first-order valence-electron chi connectivity index (χ1n) is 6.72. The van der Waals surface area contributed by atoms with Gasteiger partial charge in [0, 0.05) is 17.9 Å². The van der Waals surface area contributed by atoms with Gasteiger partial charge in [0.1, 0.15) is 17.2 Å². The van der Waals surface area contributed by atoms with E-state index in [1.165, 1.54) is 30.2 Å². The van der Waals surface area contributed by atoms with Gasteiger partial charge in [0.25, 0.3) is 0 Å². The van der Waals surface area contributed by atoms with Crippen molar-refractivity contribution < 1.29 is 13.2 Å². The molecule has 0 bridgehead atoms. The van der Waals surface area contributed by atoms with Crippen LogP contribution in [0.15, 0.2) is 41.7 Å². The molecular weight excluding hydrogens is 311 g/mol. The van der Waals surface area contributed by atoms with E-state index in [0.717, 1.165) is 11.1 Å². The van der Waals surface area contributed by atoms with E-state index in [2.05, 4.69) is 15.3 Å². The van der Waals surface area contributed by atoms with Crippen LogP contribution in [0.1, 0.15) is 25.0 Å². The van der Waals surface area contributed by atoms with Gasteiger partial charge in [-0.25, -0.2) is 9.97 Å². The van der Waals surface area contributed by atoms with Gasteiger partial charge in [-0.1, -0.05) is 18.2 Å². The molecule has 1 aromatic carbocycles. The minimum Gasteiger partial charge on any atom is -0.368 e. The van der Waals surface area contributed by atoms with Crippen LogP contribution >= 0.6 is 11.8 Å². The second kappa shape index (κ2) is 7.00. The summed E-state index contributed by atoms with van der Waals surface area (Å²) < 4.78 is 38.0. The first-order chi connectivity index (χ1) is 10.3. The third-order valence-corrected chi connectivity index (χ3v) is 3.72. The first-order valence-corrected chi connectivity index (χ1v) is 7.70. The molecule has 0 unspecified atom stereocenters. The van der Waals surface area contributed by atoms with Crippen LogP contribution in [0, 0.1) is 0 Å². The molecule has 1 heterocycles. The minimum absolute atomic E-state index is 0.246. The van der Waals surface area contributed by atoms with Crippen molar-refractivity contribution in [2.75, 3.05) is 5.32 Å². The molecule has 0 amide bonds. The number of aromatic nitrogens is 2. The van der Waals surface area contributed by atoms with E-state index in [-0.39, 0.29) is 6.04 Å². The lowest BCUT2D eigenvalue weighted by atomic mass is 10.1. The Kier molecular flexibility index (Phi) is 5.28. The van der Waals surface area contributed by atoms with Crippen LogP contribution in [-0.4, -0.2) is 16.0 Å². The number of anilines is 1. The molecule has 7 heteroatoms. The SMILES string of the molecule is CC(C)Nc1cc(SCc2cccc(C(F)(F)F)c2)ncn1. The molecule has 0 atom stereocenters. The molecular formula is C15H16F3N3S. The summed E-state index contributed by atoms with van der Waals surface area (Å²) in [5.41, 5.74) is -0.0211. The maximum atomic E-state index is 12.7. The molecule has 2 rings (SSSR count). The summed E-state index contributed by atoms with van der Waals surface area (Å²) in [6.45, 7) is 4.00. The average molecular weight is 327 g/mol. The van der Waals surface area contributed by atoms with Crippen LogP contribution in [0.3, 0.4) is 0 Å². The highest BCUT2D eigenvalue weighted by Crippen LogP contribution is 2.31. The first kappa shape index (κ1) is 16.6. The lowest BCUT2D eigenvalue weighted by Crippen LogP contribution is -2.11. The van der Waals surface area contributed by atoms with E-state index in [1.54, 1.807) is 12.1 Å². The maximum absolute atomic E-state index is 12.7. The second-order valence-electron chi connectivity index (χ2n) is 5.03. The molecule has 2 aromatic rings. The van der Waals surface area contributed by atoms with E-state index in [1.807, 2.05) is 13.8 Å². The Bertz CT molecular complexity index is 629. The summed E-state index contributed by atoms with van der Waals surface area (Å²) in [5, 5.41) is 3.88. The number of nitrogens with one attached hydrogen (secondary N) is 1. The Balaban J connectivity index is 2.04. The van der Waals surface area contributed by atoms with Gasteiger partial charge in [0.05, 0.1) is 5.56 Å². The summed E-state index contributed by atoms with van der Waals surface area (Å²) in [4.78, 5) is 8.22. The fraction of sp³-hybridized carbons (Fsp3) is 0.333. The standard InChI is InChI=1S/C15H16F3N3S/c1-10(2)21-13-7-14(20-9-19-13)22-8-11-4-3-5-12(6-11)15(16,17)18/h3-7,9-10H,8H2,1-2H3,(H,19,20,21). The van der Waals surface area contributed by atoms with E-state index >= 15 is 0 Å². The highest BCUT2D eigenvalue weighted by atomic mass is 32.2. The van der Waals surface area contributed by atoms with E-state index in [4.69, 9.17) is 0 Å². The minimum atomic E-state index is -4.32. The van der Waals surface area contributed by atoms with Crippen molar-refractivity contribution in [2.24, 2.45) is 0 Å². The predicted molar refractivity (Wildman–Crippen MR) is 81.8 cm³/mol. The molecule has 0 spiro atoms. The molecule has 0 aliphatic heterocycles. The molecule has 1 aromatic heterocycles. The zero-order valence-corrected chi connectivity index (χ0v) is 13.0. The molecule has 0 aliphatic carbocycles. The molecule has 0 radical (unpaired) electrons. The van der Waals surface area contributed by atoms with Crippen molar-refractivity contribution >= 4 is 17.6 Å². The molecule has 0 saturated carbocycles. The Morgan fingerprint density at radius 3 is 2.64 bits per heavy atom. The number of nitrogens with zero attached hydrogens (tertiary/aromatic N) is 2. The Labute approximate surface area is 131 Å². The van der Waals surface area contributed by atoms with E-state index in [0.29, 0.717) is 17.1 Å². The third-order valence-electron chi connectivity index (χ3n) is 2.72. The number of benzene rings is 1. The summed E-state index contributed by atoms with van der Waals surface area (Å²) in [6.07, 6.45) is -2.87. The van der Waals surface area contributed by atoms with Gasteiger partial charge >= 0.3 is 6.18 Å². The van der Waals surface area contributed by atoms with Crippen LogP contribution in [0.25, 0.3) is 0 Å². The largest absolute Gasteiger partial charge is 0.416 e. The zero-order chi connectivity index (χ0) is 16.2.